The van der Waals surface area contributed by atoms with Gasteiger partial charge in [0.2, 0.25) is 10.0 Å². The van der Waals surface area contributed by atoms with E-state index in [0.717, 1.165) is 0 Å². The van der Waals surface area contributed by atoms with Crippen LogP contribution >= 0.6 is 0 Å². The number of rotatable bonds is 6. The van der Waals surface area contributed by atoms with Crippen molar-refractivity contribution in [2.75, 3.05) is 14.2 Å². The number of para-hydroxylation sites is 1. The molecule has 0 radical (unpaired) electrons. The zero-order chi connectivity index (χ0) is 18.6. The third kappa shape index (κ3) is 4.18. The monoisotopic (exact) mass is 363 g/mol. The summed E-state index contributed by atoms with van der Waals surface area (Å²) in [5, 5.41) is 0. The number of benzene rings is 2. The second-order valence-corrected chi connectivity index (χ2v) is 7.27. The molecule has 0 saturated heterocycles. The Morgan fingerprint density at radius 2 is 1.80 bits per heavy atom. The molecule has 2 aromatic rings. The molecule has 0 aliphatic rings. The molecule has 0 amide bonds. The van der Waals surface area contributed by atoms with Gasteiger partial charge in [0.15, 0.2) is 0 Å². The van der Waals surface area contributed by atoms with Crippen LogP contribution in [0.2, 0.25) is 0 Å². The highest BCUT2D eigenvalue weighted by Gasteiger charge is 2.22. The van der Waals surface area contributed by atoms with Gasteiger partial charge in [-0.25, -0.2) is 17.9 Å². The highest BCUT2D eigenvalue weighted by Crippen LogP contribution is 2.26. The van der Waals surface area contributed by atoms with E-state index in [4.69, 9.17) is 9.47 Å². The van der Waals surface area contributed by atoms with Crippen molar-refractivity contribution >= 4 is 16.0 Å². The summed E-state index contributed by atoms with van der Waals surface area (Å²) in [4.78, 5) is 11.8. The molecule has 0 heterocycles. The first-order valence-corrected chi connectivity index (χ1v) is 9.12. The lowest BCUT2D eigenvalue weighted by molar-refractivity contribution is 0.0599. The van der Waals surface area contributed by atoms with E-state index in [1.54, 1.807) is 32.0 Å². The lowest BCUT2D eigenvalue weighted by atomic mass is 10.1. The van der Waals surface area contributed by atoms with Crippen LogP contribution in [0.5, 0.6) is 5.75 Å². The molecule has 0 saturated carbocycles. The van der Waals surface area contributed by atoms with Crippen LogP contribution in [0.25, 0.3) is 0 Å². The Balaban J connectivity index is 2.34. The van der Waals surface area contributed by atoms with Gasteiger partial charge < -0.3 is 9.47 Å². The van der Waals surface area contributed by atoms with Crippen molar-refractivity contribution in [1.82, 2.24) is 4.72 Å². The Morgan fingerprint density at radius 1 is 1.12 bits per heavy atom. The summed E-state index contributed by atoms with van der Waals surface area (Å²) in [7, 11) is -1.04. The standard InChI is InChI=1S/C18H21NO5S/c1-12-9-10-14(11-16(12)18(20)24-4)25(21,22)19-13(2)15-7-5-6-8-17(15)23-3/h5-11,13,19H,1-4H3/t13-/m0/s1. The topological polar surface area (TPSA) is 81.7 Å². The number of esters is 1. The maximum atomic E-state index is 12.7. The number of hydrogen-bond donors (Lipinski definition) is 1. The fourth-order valence-electron chi connectivity index (χ4n) is 2.49. The minimum atomic E-state index is -3.83. The smallest absolute Gasteiger partial charge is 0.338 e. The minimum absolute atomic E-state index is 0.000230. The van der Waals surface area contributed by atoms with Crippen molar-refractivity contribution in [1.29, 1.82) is 0 Å². The number of aryl methyl sites for hydroxylation is 1. The van der Waals surface area contributed by atoms with Crippen LogP contribution in [0.1, 0.15) is 34.5 Å². The first-order valence-electron chi connectivity index (χ1n) is 7.64. The molecule has 6 nitrogen and oxygen atoms in total. The van der Waals surface area contributed by atoms with Gasteiger partial charge in [0.25, 0.3) is 0 Å². The molecule has 7 heteroatoms. The fraction of sp³-hybridized carbons (Fsp3) is 0.278. The first kappa shape index (κ1) is 19.0. The molecule has 134 valence electrons. The molecule has 0 aromatic heterocycles. The van der Waals surface area contributed by atoms with Gasteiger partial charge in [0.05, 0.1) is 24.7 Å². The van der Waals surface area contributed by atoms with E-state index in [1.165, 1.54) is 26.4 Å². The lowest BCUT2D eigenvalue weighted by Crippen LogP contribution is -2.27. The molecule has 1 atom stereocenters. The average Bonchev–Trinajstić information content (AvgIpc) is 2.60. The number of sulfonamides is 1. The molecule has 0 unspecified atom stereocenters. The van der Waals surface area contributed by atoms with E-state index < -0.39 is 22.0 Å². The second-order valence-electron chi connectivity index (χ2n) is 5.55. The van der Waals surface area contributed by atoms with E-state index in [9.17, 15) is 13.2 Å². The molecule has 2 aromatic carbocycles. The normalized spacial score (nSPS) is 12.5. The maximum Gasteiger partial charge on any atom is 0.338 e. The van der Waals surface area contributed by atoms with Crippen LogP contribution in [0.4, 0.5) is 0 Å². The van der Waals surface area contributed by atoms with Crippen molar-refractivity contribution in [3.05, 3.63) is 59.2 Å². The van der Waals surface area contributed by atoms with E-state index in [0.29, 0.717) is 16.9 Å². The van der Waals surface area contributed by atoms with Gasteiger partial charge in [-0.3, -0.25) is 0 Å². The van der Waals surface area contributed by atoms with Crippen LogP contribution in [0.15, 0.2) is 47.4 Å². The molecular formula is C18H21NO5S. The predicted molar refractivity (Wildman–Crippen MR) is 94.2 cm³/mol. The van der Waals surface area contributed by atoms with Crippen LogP contribution < -0.4 is 9.46 Å². The Morgan fingerprint density at radius 3 is 2.44 bits per heavy atom. The Kier molecular flexibility index (Phi) is 5.81. The Labute approximate surface area is 147 Å². The summed E-state index contributed by atoms with van der Waals surface area (Å²) in [6.07, 6.45) is 0. The van der Waals surface area contributed by atoms with Crippen molar-refractivity contribution < 1.29 is 22.7 Å². The fourth-order valence-corrected chi connectivity index (χ4v) is 3.74. The van der Waals surface area contributed by atoms with Crippen molar-refractivity contribution in [3.63, 3.8) is 0 Å². The number of ether oxygens (including phenoxy) is 2. The highest BCUT2D eigenvalue weighted by molar-refractivity contribution is 7.89. The van der Waals surface area contributed by atoms with Gasteiger partial charge >= 0.3 is 5.97 Å². The quantitative estimate of drug-likeness (QED) is 0.798. The summed E-state index contributed by atoms with van der Waals surface area (Å²) < 4.78 is 37.9. The molecule has 2 rings (SSSR count). The number of carbonyl (C=O) groups is 1. The predicted octanol–water partition coefficient (Wildman–Crippen LogP) is 2.83. The van der Waals surface area contributed by atoms with Crippen LogP contribution in [-0.4, -0.2) is 28.6 Å². The molecule has 0 aliphatic heterocycles. The van der Waals surface area contributed by atoms with E-state index in [2.05, 4.69) is 4.72 Å². The lowest BCUT2D eigenvalue weighted by Gasteiger charge is -2.17. The zero-order valence-corrected chi connectivity index (χ0v) is 15.4. The molecule has 0 fully saturated rings. The van der Waals surface area contributed by atoms with Crippen LogP contribution in [0, 0.1) is 6.92 Å². The second kappa shape index (κ2) is 7.67. The molecule has 0 spiro atoms. The number of carbonyl (C=O) groups excluding carboxylic acids is 1. The van der Waals surface area contributed by atoms with Gasteiger partial charge in [-0.1, -0.05) is 24.3 Å². The summed E-state index contributed by atoms with van der Waals surface area (Å²) in [6, 6.07) is 11.0. The van der Waals surface area contributed by atoms with E-state index in [1.807, 2.05) is 12.1 Å². The minimum Gasteiger partial charge on any atom is -0.496 e. The molecule has 1 N–H and O–H groups in total. The summed E-state index contributed by atoms with van der Waals surface area (Å²) >= 11 is 0. The van der Waals surface area contributed by atoms with Gasteiger partial charge in [0, 0.05) is 11.6 Å². The first-order chi connectivity index (χ1) is 11.8. The van der Waals surface area contributed by atoms with Crippen molar-refractivity contribution in [2.24, 2.45) is 0 Å². The van der Waals surface area contributed by atoms with Gasteiger partial charge in [0.1, 0.15) is 5.75 Å². The molecular weight excluding hydrogens is 342 g/mol. The Bertz CT molecular complexity index is 877. The zero-order valence-electron chi connectivity index (χ0n) is 14.6. The maximum absolute atomic E-state index is 12.7. The van der Waals surface area contributed by atoms with Crippen molar-refractivity contribution in [2.45, 2.75) is 24.8 Å². The SMILES string of the molecule is COC(=O)c1cc(S(=O)(=O)N[C@@H](C)c2ccccc2OC)ccc1C. The number of nitrogens with one attached hydrogen (secondary N) is 1. The summed E-state index contributed by atoms with van der Waals surface area (Å²) in [5.41, 5.74) is 1.58. The third-order valence-corrected chi connectivity index (χ3v) is 5.40. The van der Waals surface area contributed by atoms with Gasteiger partial charge in [-0.15, -0.1) is 0 Å². The highest BCUT2D eigenvalue weighted by atomic mass is 32.2. The van der Waals surface area contributed by atoms with E-state index in [-0.39, 0.29) is 10.5 Å². The average molecular weight is 363 g/mol. The Hall–Kier alpha value is -2.38. The summed E-state index contributed by atoms with van der Waals surface area (Å²) in [5.74, 6) is 0.0178. The van der Waals surface area contributed by atoms with Crippen LogP contribution in [0.3, 0.4) is 0 Å². The number of hydrogen-bond acceptors (Lipinski definition) is 5. The molecule has 0 bridgehead atoms. The van der Waals surface area contributed by atoms with E-state index >= 15 is 0 Å². The summed E-state index contributed by atoms with van der Waals surface area (Å²) in [6.45, 7) is 3.44. The third-order valence-electron chi connectivity index (χ3n) is 3.86. The van der Waals surface area contributed by atoms with Crippen LogP contribution in [-0.2, 0) is 14.8 Å². The molecule has 25 heavy (non-hydrogen) atoms. The van der Waals surface area contributed by atoms with Gasteiger partial charge in [-0.2, -0.15) is 0 Å². The van der Waals surface area contributed by atoms with Crippen molar-refractivity contribution in [3.8, 4) is 5.75 Å². The number of methoxy groups -OCH3 is 2. The van der Waals surface area contributed by atoms with Gasteiger partial charge in [-0.05, 0) is 37.6 Å². The largest absolute Gasteiger partial charge is 0.496 e. The molecule has 0 aliphatic carbocycles.